The summed E-state index contributed by atoms with van der Waals surface area (Å²) >= 11 is 0. The highest BCUT2D eigenvalue weighted by molar-refractivity contribution is 4.91. The molecule has 2 N–H and O–H groups in total. The van der Waals surface area contributed by atoms with Crippen LogP contribution in [0.5, 0.6) is 0 Å². The predicted molar refractivity (Wildman–Crippen MR) is 79.1 cm³/mol. The van der Waals surface area contributed by atoms with Gasteiger partial charge in [0.1, 0.15) is 0 Å². The van der Waals surface area contributed by atoms with Crippen LogP contribution in [0.4, 0.5) is 0 Å². The molecule has 1 heteroatoms. The average molecular weight is 241 g/mol. The van der Waals surface area contributed by atoms with Crippen LogP contribution in [0.15, 0.2) is 0 Å². The van der Waals surface area contributed by atoms with Gasteiger partial charge >= 0.3 is 0 Å². The van der Waals surface area contributed by atoms with E-state index in [9.17, 15) is 0 Å². The minimum absolute atomic E-state index is 0.0777. The molecular weight excluding hydrogens is 206 g/mol. The molecule has 0 aliphatic heterocycles. The first kappa shape index (κ1) is 17.0. The zero-order valence-corrected chi connectivity index (χ0v) is 13.6. The van der Waals surface area contributed by atoms with Gasteiger partial charge in [-0.2, -0.15) is 0 Å². The number of rotatable bonds is 6. The molecule has 0 saturated heterocycles. The van der Waals surface area contributed by atoms with Crippen molar-refractivity contribution in [2.75, 3.05) is 0 Å². The van der Waals surface area contributed by atoms with Crippen molar-refractivity contribution in [3.05, 3.63) is 0 Å². The summed E-state index contributed by atoms with van der Waals surface area (Å²) in [5.74, 6) is 1.43. The quantitative estimate of drug-likeness (QED) is 0.707. The van der Waals surface area contributed by atoms with E-state index in [-0.39, 0.29) is 11.0 Å². The van der Waals surface area contributed by atoms with Crippen molar-refractivity contribution in [3.63, 3.8) is 0 Å². The zero-order valence-electron chi connectivity index (χ0n) is 13.6. The molecule has 0 aliphatic rings. The van der Waals surface area contributed by atoms with E-state index in [0.29, 0.717) is 11.3 Å². The summed E-state index contributed by atoms with van der Waals surface area (Å²) in [6.07, 6.45) is 2.35. The van der Waals surface area contributed by atoms with Crippen LogP contribution in [0.1, 0.15) is 75.2 Å². The lowest BCUT2D eigenvalue weighted by atomic mass is 9.60. The molecule has 1 nitrogen and oxygen atoms in total. The van der Waals surface area contributed by atoms with E-state index in [1.54, 1.807) is 0 Å². The van der Waals surface area contributed by atoms with Gasteiger partial charge in [-0.25, -0.2) is 0 Å². The minimum atomic E-state index is -0.0777. The van der Waals surface area contributed by atoms with Crippen LogP contribution in [0, 0.1) is 22.7 Å². The van der Waals surface area contributed by atoms with Crippen molar-refractivity contribution >= 4 is 0 Å². The highest BCUT2D eigenvalue weighted by atomic mass is 14.7. The number of hydrogen-bond acceptors (Lipinski definition) is 1. The van der Waals surface area contributed by atoms with Crippen molar-refractivity contribution in [2.24, 2.45) is 28.4 Å². The van der Waals surface area contributed by atoms with E-state index in [0.717, 1.165) is 12.3 Å². The summed E-state index contributed by atoms with van der Waals surface area (Å²) < 4.78 is 0. The molecule has 1 unspecified atom stereocenters. The summed E-state index contributed by atoms with van der Waals surface area (Å²) in [6.45, 7) is 20.8. The van der Waals surface area contributed by atoms with Gasteiger partial charge in [-0.3, -0.25) is 0 Å². The van der Waals surface area contributed by atoms with Gasteiger partial charge in [0.25, 0.3) is 0 Å². The molecule has 0 heterocycles. The monoisotopic (exact) mass is 241 g/mol. The Morgan fingerprint density at radius 3 is 1.53 bits per heavy atom. The Labute approximate surface area is 110 Å². The summed E-state index contributed by atoms with van der Waals surface area (Å²) in [6, 6.07) is 0. The minimum Gasteiger partial charge on any atom is -0.326 e. The SMILES string of the molecule is CC(C)CC(C)(C)C(C)C(C)(C)CC(C)(C)N. The lowest BCUT2D eigenvalue weighted by Gasteiger charge is -2.46. The molecule has 0 bridgehead atoms. The van der Waals surface area contributed by atoms with Gasteiger partial charge < -0.3 is 5.73 Å². The summed E-state index contributed by atoms with van der Waals surface area (Å²) in [5, 5.41) is 0. The highest BCUT2D eigenvalue weighted by Gasteiger charge is 2.39. The van der Waals surface area contributed by atoms with Gasteiger partial charge in [-0.15, -0.1) is 0 Å². The van der Waals surface area contributed by atoms with Crippen molar-refractivity contribution in [1.82, 2.24) is 0 Å². The molecular formula is C16H35N. The maximum absolute atomic E-state index is 6.20. The lowest BCUT2D eigenvalue weighted by Crippen LogP contribution is -2.43. The molecule has 0 aromatic heterocycles. The molecule has 0 radical (unpaired) electrons. The number of nitrogens with two attached hydrogens (primary N) is 1. The van der Waals surface area contributed by atoms with Gasteiger partial charge in [0, 0.05) is 5.54 Å². The summed E-state index contributed by atoms with van der Waals surface area (Å²) in [5.41, 5.74) is 6.79. The lowest BCUT2D eigenvalue weighted by molar-refractivity contribution is 0.0490. The fourth-order valence-electron chi connectivity index (χ4n) is 3.61. The molecule has 17 heavy (non-hydrogen) atoms. The Balaban J connectivity index is 4.82. The molecule has 0 spiro atoms. The standard InChI is InChI=1S/C16H35N/c1-12(2)10-14(4,5)13(3)15(6,7)11-16(8,9)17/h12-13H,10-11,17H2,1-9H3. The van der Waals surface area contributed by atoms with Crippen molar-refractivity contribution < 1.29 is 0 Å². The first-order chi connectivity index (χ1) is 7.28. The topological polar surface area (TPSA) is 26.0 Å². The van der Waals surface area contributed by atoms with Gasteiger partial charge in [-0.05, 0) is 49.4 Å². The van der Waals surface area contributed by atoms with Crippen LogP contribution >= 0.6 is 0 Å². The van der Waals surface area contributed by atoms with Gasteiger partial charge in [0.2, 0.25) is 0 Å². The molecule has 1 atom stereocenters. The fraction of sp³-hybridized carbons (Fsp3) is 1.00. The Hall–Kier alpha value is -0.0400. The van der Waals surface area contributed by atoms with E-state index in [1.165, 1.54) is 6.42 Å². The second kappa shape index (κ2) is 5.30. The van der Waals surface area contributed by atoms with Gasteiger partial charge in [0.05, 0.1) is 0 Å². The van der Waals surface area contributed by atoms with E-state index < -0.39 is 0 Å². The highest BCUT2D eigenvalue weighted by Crippen LogP contribution is 2.46. The average Bonchev–Trinajstić information content (AvgIpc) is 1.95. The van der Waals surface area contributed by atoms with Gasteiger partial charge in [0.15, 0.2) is 0 Å². The Kier molecular flexibility index (Phi) is 5.29. The fourth-order valence-corrected chi connectivity index (χ4v) is 3.61. The molecule has 0 amide bonds. The summed E-state index contributed by atoms with van der Waals surface area (Å²) in [7, 11) is 0. The van der Waals surface area contributed by atoms with Crippen molar-refractivity contribution in [2.45, 2.75) is 80.7 Å². The van der Waals surface area contributed by atoms with E-state index in [1.807, 2.05) is 0 Å². The Bertz CT molecular complexity index is 230. The van der Waals surface area contributed by atoms with Crippen LogP contribution in [0.25, 0.3) is 0 Å². The second-order valence-electron chi connectivity index (χ2n) is 8.46. The molecule has 0 saturated carbocycles. The maximum atomic E-state index is 6.20. The van der Waals surface area contributed by atoms with Crippen LogP contribution in [0.3, 0.4) is 0 Å². The molecule has 0 aliphatic carbocycles. The smallest absolute Gasteiger partial charge is 0.0102 e. The van der Waals surface area contributed by atoms with Crippen LogP contribution in [-0.4, -0.2) is 5.54 Å². The Morgan fingerprint density at radius 2 is 1.24 bits per heavy atom. The largest absolute Gasteiger partial charge is 0.326 e. The third-order valence-corrected chi connectivity index (χ3v) is 4.19. The van der Waals surface area contributed by atoms with Crippen LogP contribution in [0.2, 0.25) is 0 Å². The van der Waals surface area contributed by atoms with Crippen LogP contribution in [-0.2, 0) is 0 Å². The molecule has 0 aromatic carbocycles. The molecule has 0 fully saturated rings. The molecule has 104 valence electrons. The van der Waals surface area contributed by atoms with Crippen molar-refractivity contribution in [3.8, 4) is 0 Å². The maximum Gasteiger partial charge on any atom is 0.0102 e. The van der Waals surface area contributed by atoms with Crippen LogP contribution < -0.4 is 5.73 Å². The predicted octanol–water partition coefficient (Wildman–Crippen LogP) is 4.85. The number of hydrogen-bond donors (Lipinski definition) is 1. The Morgan fingerprint density at radius 1 is 0.824 bits per heavy atom. The van der Waals surface area contributed by atoms with Crippen molar-refractivity contribution in [1.29, 1.82) is 0 Å². The summed E-state index contributed by atoms with van der Waals surface area (Å²) in [4.78, 5) is 0. The molecule has 0 rings (SSSR count). The van der Waals surface area contributed by atoms with Gasteiger partial charge in [-0.1, -0.05) is 48.5 Å². The normalized spacial score (nSPS) is 16.4. The van der Waals surface area contributed by atoms with E-state index >= 15 is 0 Å². The van der Waals surface area contributed by atoms with E-state index in [2.05, 4.69) is 62.3 Å². The van der Waals surface area contributed by atoms with E-state index in [4.69, 9.17) is 5.73 Å². The molecule has 0 aromatic rings. The third kappa shape index (κ3) is 5.90. The third-order valence-electron chi connectivity index (χ3n) is 4.19. The second-order valence-corrected chi connectivity index (χ2v) is 8.46. The zero-order chi connectivity index (χ0) is 14.1. The first-order valence-electron chi connectivity index (χ1n) is 7.07. The first-order valence-corrected chi connectivity index (χ1v) is 7.07.